The van der Waals surface area contributed by atoms with Gasteiger partial charge in [-0.2, -0.15) is 21.5 Å². The SMILES string of the molecule is Nc1nc2c(ncn2[C@@H]2O[C@H](COP(=O)(OP(=O)(O)O)OP3(=O)OSO3)[C@@H](O)[C@H]2O)c(=O)[nH]1. The first kappa shape index (κ1) is 24.9. The minimum absolute atomic E-state index is 0.0946. The number of hydrogen-bond donors (Lipinski definition) is 6. The molecule has 1 unspecified atom stereocenters. The van der Waals surface area contributed by atoms with E-state index in [1.54, 1.807) is 0 Å². The Bertz CT molecular complexity index is 1250. The summed E-state index contributed by atoms with van der Waals surface area (Å²) in [5.41, 5.74) is 4.59. The molecule has 0 aromatic carbocycles. The maximum atomic E-state index is 12.6. The first-order chi connectivity index (χ1) is 15.3. The Morgan fingerprint density at radius 2 is 2.00 bits per heavy atom. The summed E-state index contributed by atoms with van der Waals surface area (Å²) in [5.74, 6) is -0.261. The van der Waals surface area contributed by atoms with Gasteiger partial charge in [-0.15, -0.1) is 0 Å². The van der Waals surface area contributed by atoms with Crippen LogP contribution in [0.4, 0.5) is 5.95 Å². The topological polar surface area (TPSA) is 277 Å². The monoisotopic (exact) mass is 553 g/mol. The van der Waals surface area contributed by atoms with Gasteiger partial charge in [0.15, 0.2) is 29.7 Å². The van der Waals surface area contributed by atoms with Crippen LogP contribution >= 0.6 is 35.8 Å². The second-order valence-electron chi connectivity index (χ2n) is 6.38. The highest BCUT2D eigenvalue weighted by Crippen LogP contribution is 2.76. The van der Waals surface area contributed by atoms with Crippen LogP contribution in [0.15, 0.2) is 11.1 Å². The van der Waals surface area contributed by atoms with Gasteiger partial charge in [-0.3, -0.25) is 18.9 Å². The van der Waals surface area contributed by atoms with Crippen molar-refractivity contribution in [1.82, 2.24) is 19.5 Å². The molecule has 0 aliphatic carbocycles. The number of ether oxygens (including phenoxy) is 1. The Labute approximate surface area is 186 Å². The van der Waals surface area contributed by atoms with Crippen LogP contribution in [0.1, 0.15) is 6.23 Å². The van der Waals surface area contributed by atoms with Crippen molar-refractivity contribution in [3.8, 4) is 0 Å². The minimum Gasteiger partial charge on any atom is -0.387 e. The number of phosphoric acid groups is 3. The van der Waals surface area contributed by atoms with Crippen LogP contribution < -0.4 is 11.3 Å². The van der Waals surface area contributed by atoms with Gasteiger partial charge in [0.2, 0.25) is 5.95 Å². The van der Waals surface area contributed by atoms with Crippen molar-refractivity contribution in [2.24, 2.45) is 0 Å². The maximum Gasteiger partial charge on any atom is 0.509 e. The van der Waals surface area contributed by atoms with E-state index in [0.717, 1.165) is 10.9 Å². The summed E-state index contributed by atoms with van der Waals surface area (Å²) < 4.78 is 63.8. The fraction of sp³-hybridized carbons (Fsp3) is 0.500. The smallest absolute Gasteiger partial charge is 0.387 e. The largest absolute Gasteiger partial charge is 0.509 e. The van der Waals surface area contributed by atoms with Crippen molar-refractivity contribution in [1.29, 1.82) is 0 Å². The standard InChI is InChI=1S/C10H14N5O14P3S/c11-10-13-7-4(8(18)14-10)12-2-15(7)9-6(17)5(16)3(25-9)1-24-31(22,26-30(19,20)21)27-32(23)28-33-29-32/h2-3,5-6,9,16-17H,1H2,(H2,19,20,21)(H3,11,13,14,18)/t3-,5-,6-,9-,31?/m1/s1. The molecule has 19 nitrogen and oxygen atoms in total. The third kappa shape index (κ3) is 5.24. The molecule has 184 valence electrons. The molecule has 23 heteroatoms. The molecular formula is C10H14N5O14P3S. The second-order valence-corrected chi connectivity index (χ2v) is 12.0. The summed E-state index contributed by atoms with van der Waals surface area (Å²) in [6.45, 7) is -0.956. The van der Waals surface area contributed by atoms with Gasteiger partial charge in [0, 0.05) is 0 Å². The lowest BCUT2D eigenvalue weighted by Crippen LogP contribution is -2.33. The summed E-state index contributed by atoms with van der Waals surface area (Å²) in [6.07, 6.45) is -5.22. The van der Waals surface area contributed by atoms with E-state index in [9.17, 15) is 28.7 Å². The lowest BCUT2D eigenvalue weighted by molar-refractivity contribution is -0.0502. The molecule has 33 heavy (non-hydrogen) atoms. The van der Waals surface area contributed by atoms with Crippen LogP contribution in [0.2, 0.25) is 0 Å². The van der Waals surface area contributed by atoms with Crippen molar-refractivity contribution >= 4 is 52.9 Å². The quantitative estimate of drug-likeness (QED) is 0.174. The number of aromatic amines is 1. The second kappa shape index (κ2) is 8.78. The number of rotatable bonds is 8. The van der Waals surface area contributed by atoms with Gasteiger partial charge < -0.3 is 30.5 Å². The molecule has 0 bridgehead atoms. The lowest BCUT2D eigenvalue weighted by atomic mass is 10.1. The fourth-order valence-electron chi connectivity index (χ4n) is 2.81. The summed E-state index contributed by atoms with van der Waals surface area (Å²) in [6, 6.07) is 0. The Kier molecular flexibility index (Phi) is 6.62. The molecule has 0 amide bonds. The molecule has 0 radical (unpaired) electrons. The Morgan fingerprint density at radius 1 is 1.30 bits per heavy atom. The van der Waals surface area contributed by atoms with E-state index >= 15 is 0 Å². The van der Waals surface area contributed by atoms with Gasteiger partial charge in [-0.25, -0.2) is 18.7 Å². The highest BCUT2D eigenvalue weighted by molar-refractivity contribution is 8.03. The number of nitrogens with two attached hydrogens (primary N) is 1. The number of aliphatic hydroxyl groups excluding tert-OH is 2. The molecular weight excluding hydrogens is 539 g/mol. The van der Waals surface area contributed by atoms with Crippen molar-refractivity contribution < 1.29 is 59.5 Å². The molecule has 4 rings (SSSR count). The molecule has 4 heterocycles. The normalized spacial score (nSPS) is 29.1. The van der Waals surface area contributed by atoms with E-state index in [2.05, 4.69) is 31.5 Å². The maximum absolute atomic E-state index is 12.6. The first-order valence-electron chi connectivity index (χ1n) is 8.41. The average Bonchev–Trinajstić information content (AvgIpc) is 3.19. The predicted molar refractivity (Wildman–Crippen MR) is 104 cm³/mol. The van der Waals surface area contributed by atoms with E-state index < -0.39 is 60.2 Å². The Balaban J connectivity index is 1.53. The molecule has 2 fully saturated rings. The summed E-state index contributed by atoms with van der Waals surface area (Å²) in [5, 5.41) is 20.7. The van der Waals surface area contributed by atoms with Crippen LogP contribution in [-0.2, 0) is 39.5 Å². The van der Waals surface area contributed by atoms with Crippen molar-refractivity contribution in [3.05, 3.63) is 16.7 Å². The molecule has 2 aromatic heterocycles. The number of hydrogen-bond acceptors (Lipinski definition) is 16. The van der Waals surface area contributed by atoms with Gasteiger partial charge in [0.05, 0.1) is 12.9 Å². The van der Waals surface area contributed by atoms with Crippen LogP contribution in [0.5, 0.6) is 0 Å². The molecule has 2 saturated heterocycles. The van der Waals surface area contributed by atoms with E-state index in [-0.39, 0.29) is 29.4 Å². The lowest BCUT2D eigenvalue weighted by Gasteiger charge is -2.26. The summed E-state index contributed by atoms with van der Waals surface area (Å²) in [7, 11) is -15.3. The number of aliphatic hydroxyl groups is 2. The highest BCUT2D eigenvalue weighted by atomic mass is 32.2. The molecule has 7 N–H and O–H groups in total. The van der Waals surface area contributed by atoms with Gasteiger partial charge in [-0.1, -0.05) is 0 Å². The average molecular weight is 553 g/mol. The van der Waals surface area contributed by atoms with Crippen LogP contribution in [0, 0.1) is 0 Å². The fourth-order valence-corrected chi connectivity index (χ4v) is 7.28. The number of H-pyrrole nitrogens is 1. The zero-order valence-electron chi connectivity index (χ0n) is 15.6. The van der Waals surface area contributed by atoms with E-state index in [1.807, 2.05) is 0 Å². The molecule has 5 atom stereocenters. The number of nitrogen functional groups attached to an aromatic ring is 1. The molecule has 0 spiro atoms. The number of nitrogens with zero attached hydrogens (tertiary/aromatic N) is 3. The third-order valence-electron chi connectivity index (χ3n) is 4.11. The number of fused-ring (bicyclic) bond motifs is 1. The Hall–Kier alpha value is -1.21. The summed E-state index contributed by atoms with van der Waals surface area (Å²) >= 11 is 0.188. The van der Waals surface area contributed by atoms with Gasteiger partial charge in [0.1, 0.15) is 18.3 Å². The van der Waals surface area contributed by atoms with E-state index in [0.29, 0.717) is 0 Å². The van der Waals surface area contributed by atoms with Gasteiger partial charge in [0.25, 0.3) is 5.56 Å². The first-order valence-corrected chi connectivity index (χ1v) is 13.5. The minimum atomic E-state index is -5.51. The van der Waals surface area contributed by atoms with Crippen LogP contribution in [0.3, 0.4) is 0 Å². The zero-order chi connectivity index (χ0) is 24.2. The molecule has 2 aliphatic heterocycles. The number of nitrogens with one attached hydrogen (secondary N) is 1. The van der Waals surface area contributed by atoms with Crippen molar-refractivity contribution in [2.45, 2.75) is 24.5 Å². The molecule has 2 aromatic rings. The molecule has 0 saturated carbocycles. The highest BCUT2D eigenvalue weighted by Gasteiger charge is 2.52. The molecule has 2 aliphatic rings. The zero-order valence-corrected chi connectivity index (χ0v) is 19.1. The van der Waals surface area contributed by atoms with Gasteiger partial charge >= 0.3 is 23.5 Å². The summed E-state index contributed by atoms with van der Waals surface area (Å²) in [4.78, 5) is 39.8. The third-order valence-corrected chi connectivity index (χ3v) is 9.77. The van der Waals surface area contributed by atoms with E-state index in [4.69, 9.17) is 24.8 Å². The van der Waals surface area contributed by atoms with Crippen molar-refractivity contribution in [3.63, 3.8) is 0 Å². The van der Waals surface area contributed by atoms with Gasteiger partial charge in [-0.05, 0) is 0 Å². The van der Waals surface area contributed by atoms with Crippen molar-refractivity contribution in [2.75, 3.05) is 12.3 Å². The van der Waals surface area contributed by atoms with Crippen LogP contribution in [0.25, 0.3) is 11.2 Å². The Morgan fingerprint density at radius 3 is 2.61 bits per heavy atom. The predicted octanol–water partition coefficient (Wildman–Crippen LogP) is -0.710. The van der Waals surface area contributed by atoms with E-state index in [1.165, 1.54) is 0 Å². The van der Waals surface area contributed by atoms with Crippen LogP contribution in [-0.4, -0.2) is 64.4 Å². The number of aromatic nitrogens is 4. The number of imidazole rings is 1. The number of anilines is 1.